The predicted octanol–water partition coefficient (Wildman–Crippen LogP) is 3.07. The summed E-state index contributed by atoms with van der Waals surface area (Å²) in [7, 11) is 0. The Hall–Kier alpha value is -2.21. The second kappa shape index (κ2) is 5.05. The van der Waals surface area contributed by atoms with Gasteiger partial charge in [-0.15, -0.1) is 0 Å². The number of hydrogen-bond acceptors (Lipinski definition) is 3. The Balaban J connectivity index is 2.42. The number of nitrogen functional groups attached to an aromatic ring is 1. The summed E-state index contributed by atoms with van der Waals surface area (Å²) < 4.78 is 37.6. The molecule has 4 N–H and O–H groups in total. The molecule has 0 spiro atoms. The lowest BCUT2D eigenvalue weighted by atomic mass is 9.98. The summed E-state index contributed by atoms with van der Waals surface area (Å²) in [5, 5.41) is 19.8. The molecule has 0 radical (unpaired) electrons. The number of hydrogen-bond donors (Lipinski definition) is 3. The first-order chi connectivity index (χ1) is 9.30. The van der Waals surface area contributed by atoms with Gasteiger partial charge < -0.3 is 15.9 Å². The van der Waals surface area contributed by atoms with Crippen molar-refractivity contribution < 1.29 is 23.4 Å². The van der Waals surface area contributed by atoms with Crippen molar-refractivity contribution in [3.05, 3.63) is 59.2 Å². The molecule has 0 amide bonds. The average molecular weight is 283 g/mol. The molecule has 0 fully saturated rings. The first-order valence-electron chi connectivity index (χ1n) is 5.73. The molecule has 0 aliphatic rings. The lowest BCUT2D eigenvalue weighted by molar-refractivity contribution is -0.137. The Morgan fingerprint density at radius 2 is 1.65 bits per heavy atom. The van der Waals surface area contributed by atoms with Crippen LogP contribution >= 0.6 is 0 Å². The molecule has 0 aliphatic heterocycles. The van der Waals surface area contributed by atoms with E-state index in [1.54, 1.807) is 12.1 Å². The molecule has 0 saturated carbocycles. The second-order valence-electron chi connectivity index (χ2n) is 4.30. The summed E-state index contributed by atoms with van der Waals surface area (Å²) >= 11 is 0. The van der Waals surface area contributed by atoms with Crippen LogP contribution in [-0.2, 0) is 6.18 Å². The maximum Gasteiger partial charge on any atom is 0.416 e. The Morgan fingerprint density at radius 1 is 1.00 bits per heavy atom. The highest BCUT2D eigenvalue weighted by Gasteiger charge is 2.31. The van der Waals surface area contributed by atoms with Crippen molar-refractivity contribution in [1.82, 2.24) is 0 Å². The van der Waals surface area contributed by atoms with Gasteiger partial charge in [-0.05, 0) is 18.2 Å². The summed E-state index contributed by atoms with van der Waals surface area (Å²) in [5.74, 6) is -0.153. The number of aliphatic hydroxyl groups is 1. The molecule has 3 nitrogen and oxygen atoms in total. The van der Waals surface area contributed by atoms with E-state index >= 15 is 0 Å². The highest BCUT2D eigenvalue weighted by Crippen LogP contribution is 2.36. The number of halogens is 3. The number of anilines is 1. The van der Waals surface area contributed by atoms with E-state index in [1.165, 1.54) is 12.1 Å². The van der Waals surface area contributed by atoms with Crippen LogP contribution in [0.2, 0.25) is 0 Å². The van der Waals surface area contributed by atoms with Crippen LogP contribution < -0.4 is 5.73 Å². The number of alkyl halides is 3. The SMILES string of the molecule is Nc1cc(C(F)(F)F)ccc1C(O)c1ccccc1O. The van der Waals surface area contributed by atoms with Crippen LogP contribution in [0.25, 0.3) is 0 Å². The third kappa shape index (κ3) is 2.70. The van der Waals surface area contributed by atoms with Crippen LogP contribution in [0.3, 0.4) is 0 Å². The fraction of sp³-hybridized carbons (Fsp3) is 0.143. The number of phenols is 1. The molecule has 2 aromatic rings. The molecule has 6 heteroatoms. The number of nitrogens with two attached hydrogens (primary N) is 1. The normalized spacial score (nSPS) is 13.2. The van der Waals surface area contributed by atoms with Gasteiger partial charge in [-0.1, -0.05) is 24.3 Å². The minimum atomic E-state index is -4.49. The van der Waals surface area contributed by atoms with Crippen molar-refractivity contribution in [2.45, 2.75) is 12.3 Å². The zero-order chi connectivity index (χ0) is 14.9. The van der Waals surface area contributed by atoms with Crippen LogP contribution in [0, 0.1) is 0 Å². The van der Waals surface area contributed by atoms with E-state index in [2.05, 4.69) is 0 Å². The van der Waals surface area contributed by atoms with Gasteiger partial charge >= 0.3 is 6.18 Å². The van der Waals surface area contributed by atoms with Gasteiger partial charge in [0.25, 0.3) is 0 Å². The van der Waals surface area contributed by atoms with E-state index in [1.807, 2.05) is 0 Å². The Bertz CT molecular complexity index is 626. The maximum atomic E-state index is 12.5. The summed E-state index contributed by atoms with van der Waals surface area (Å²) in [5.41, 5.74) is 4.78. The molecular formula is C14H12F3NO2. The molecule has 0 aliphatic carbocycles. The van der Waals surface area contributed by atoms with Crippen molar-refractivity contribution in [3.63, 3.8) is 0 Å². The Kier molecular flexibility index (Phi) is 3.59. The zero-order valence-corrected chi connectivity index (χ0v) is 10.2. The van der Waals surface area contributed by atoms with Gasteiger partial charge in [-0.3, -0.25) is 0 Å². The van der Waals surface area contributed by atoms with Crippen molar-refractivity contribution >= 4 is 5.69 Å². The molecule has 0 bridgehead atoms. The molecule has 0 heterocycles. The summed E-state index contributed by atoms with van der Waals surface area (Å²) in [4.78, 5) is 0. The number of benzene rings is 2. The largest absolute Gasteiger partial charge is 0.508 e. The lowest BCUT2D eigenvalue weighted by Crippen LogP contribution is -2.09. The van der Waals surface area contributed by atoms with Crippen LogP contribution in [0.4, 0.5) is 18.9 Å². The smallest absolute Gasteiger partial charge is 0.416 e. The number of aliphatic hydroxyl groups excluding tert-OH is 1. The van der Waals surface area contributed by atoms with Gasteiger partial charge in [0.1, 0.15) is 11.9 Å². The Morgan fingerprint density at radius 3 is 2.20 bits per heavy atom. The topological polar surface area (TPSA) is 66.5 Å². The van der Waals surface area contributed by atoms with E-state index in [0.717, 1.165) is 18.2 Å². The maximum absolute atomic E-state index is 12.5. The highest BCUT2D eigenvalue weighted by molar-refractivity contribution is 5.54. The molecule has 1 atom stereocenters. The summed E-state index contributed by atoms with van der Waals surface area (Å²) in [6, 6.07) is 8.72. The van der Waals surface area contributed by atoms with Crippen molar-refractivity contribution in [3.8, 4) is 5.75 Å². The van der Waals surface area contributed by atoms with Crippen molar-refractivity contribution in [1.29, 1.82) is 0 Å². The minimum Gasteiger partial charge on any atom is -0.508 e. The van der Waals surface area contributed by atoms with Crippen molar-refractivity contribution in [2.75, 3.05) is 5.73 Å². The molecular weight excluding hydrogens is 271 g/mol. The third-order valence-electron chi connectivity index (χ3n) is 2.94. The van der Waals surface area contributed by atoms with Crippen LogP contribution in [0.5, 0.6) is 5.75 Å². The second-order valence-corrected chi connectivity index (χ2v) is 4.30. The Labute approximate surface area is 113 Å². The molecule has 0 aromatic heterocycles. The van der Waals surface area contributed by atoms with E-state index in [0.29, 0.717) is 0 Å². The van der Waals surface area contributed by atoms with Gasteiger partial charge in [0, 0.05) is 16.8 Å². The van der Waals surface area contributed by atoms with E-state index in [9.17, 15) is 23.4 Å². The third-order valence-corrected chi connectivity index (χ3v) is 2.94. The fourth-order valence-electron chi connectivity index (χ4n) is 1.89. The lowest BCUT2D eigenvalue weighted by Gasteiger charge is -2.16. The molecule has 2 rings (SSSR count). The quantitative estimate of drug-likeness (QED) is 0.742. The monoisotopic (exact) mass is 283 g/mol. The van der Waals surface area contributed by atoms with Crippen LogP contribution in [0.1, 0.15) is 22.8 Å². The molecule has 1 unspecified atom stereocenters. The molecule has 2 aromatic carbocycles. The van der Waals surface area contributed by atoms with Crippen LogP contribution in [0.15, 0.2) is 42.5 Å². The standard InChI is InChI=1S/C14H12F3NO2/c15-14(16,17)8-5-6-9(11(18)7-8)13(20)10-3-1-2-4-12(10)19/h1-7,13,19-20H,18H2. The highest BCUT2D eigenvalue weighted by atomic mass is 19.4. The minimum absolute atomic E-state index is 0.111. The summed E-state index contributed by atoms with van der Waals surface area (Å²) in [6.45, 7) is 0. The van der Waals surface area contributed by atoms with Crippen molar-refractivity contribution in [2.24, 2.45) is 0 Å². The number of aromatic hydroxyl groups is 1. The predicted molar refractivity (Wildman–Crippen MR) is 68.0 cm³/mol. The van der Waals surface area contributed by atoms with E-state index in [-0.39, 0.29) is 22.6 Å². The molecule has 0 saturated heterocycles. The molecule has 20 heavy (non-hydrogen) atoms. The van der Waals surface area contributed by atoms with Gasteiger partial charge in [0.2, 0.25) is 0 Å². The zero-order valence-electron chi connectivity index (χ0n) is 10.2. The number of para-hydroxylation sites is 1. The first-order valence-corrected chi connectivity index (χ1v) is 5.73. The number of rotatable bonds is 2. The van der Waals surface area contributed by atoms with Gasteiger partial charge in [0.15, 0.2) is 0 Å². The van der Waals surface area contributed by atoms with E-state index in [4.69, 9.17) is 5.73 Å². The fourth-order valence-corrected chi connectivity index (χ4v) is 1.89. The molecule has 106 valence electrons. The summed E-state index contributed by atoms with van der Waals surface area (Å²) in [6.07, 6.45) is -5.79. The number of phenolic OH excluding ortho intramolecular Hbond substituents is 1. The first kappa shape index (κ1) is 14.2. The van der Waals surface area contributed by atoms with Gasteiger partial charge in [0.05, 0.1) is 5.56 Å². The van der Waals surface area contributed by atoms with E-state index < -0.39 is 17.8 Å². The average Bonchev–Trinajstić information content (AvgIpc) is 2.37. The van der Waals surface area contributed by atoms with Crippen LogP contribution in [-0.4, -0.2) is 10.2 Å². The van der Waals surface area contributed by atoms with Gasteiger partial charge in [-0.2, -0.15) is 13.2 Å². The van der Waals surface area contributed by atoms with Gasteiger partial charge in [-0.25, -0.2) is 0 Å².